The van der Waals surface area contributed by atoms with Gasteiger partial charge in [0.25, 0.3) is 0 Å². The Morgan fingerprint density at radius 2 is 1.76 bits per heavy atom. The molecule has 0 aliphatic carbocycles. The van der Waals surface area contributed by atoms with Gasteiger partial charge < -0.3 is 5.32 Å². The maximum atomic E-state index is 12.3. The molecule has 0 atom stereocenters. The highest BCUT2D eigenvalue weighted by molar-refractivity contribution is 5.93. The third kappa shape index (κ3) is 3.40. The van der Waals surface area contributed by atoms with Gasteiger partial charge in [-0.1, -0.05) is 42.5 Å². The first kappa shape index (κ1) is 15.1. The van der Waals surface area contributed by atoms with Crippen LogP contribution in [-0.4, -0.2) is 21.1 Å². The van der Waals surface area contributed by atoms with E-state index >= 15 is 0 Å². The molecule has 25 heavy (non-hydrogen) atoms. The van der Waals surface area contributed by atoms with E-state index in [9.17, 15) is 4.79 Å². The fourth-order valence-corrected chi connectivity index (χ4v) is 2.79. The topological polar surface area (TPSA) is 70.7 Å². The molecule has 4 rings (SSSR count). The number of hydrogen-bond donors (Lipinski definition) is 2. The van der Waals surface area contributed by atoms with E-state index < -0.39 is 0 Å². The van der Waals surface area contributed by atoms with Crippen LogP contribution < -0.4 is 5.32 Å². The first-order valence-electron chi connectivity index (χ1n) is 8.01. The summed E-state index contributed by atoms with van der Waals surface area (Å²) in [6, 6.07) is 19.7. The van der Waals surface area contributed by atoms with Crippen molar-refractivity contribution in [1.29, 1.82) is 0 Å². The third-order valence-electron chi connectivity index (χ3n) is 4.02. The molecule has 2 N–H and O–H groups in total. The number of nitrogens with one attached hydrogen (secondary N) is 2. The van der Waals surface area contributed by atoms with Crippen molar-refractivity contribution >= 4 is 22.5 Å². The maximum absolute atomic E-state index is 12.3. The Bertz CT molecular complexity index is 1020. The predicted octanol–water partition coefficient (Wildman–Crippen LogP) is 3.81. The van der Waals surface area contributed by atoms with Crippen LogP contribution in [0.15, 0.2) is 73.1 Å². The van der Waals surface area contributed by atoms with Gasteiger partial charge in [-0.2, -0.15) is 5.10 Å². The molecule has 5 nitrogen and oxygen atoms in total. The van der Waals surface area contributed by atoms with E-state index in [0.29, 0.717) is 12.2 Å². The lowest BCUT2D eigenvalue weighted by Gasteiger charge is -2.04. The average molecular weight is 328 g/mol. The molecule has 0 aliphatic rings. The first-order chi connectivity index (χ1) is 12.3. The molecule has 0 aliphatic heterocycles. The molecule has 0 saturated heterocycles. The number of anilines is 1. The van der Waals surface area contributed by atoms with Crippen molar-refractivity contribution in [3.05, 3.63) is 78.6 Å². The summed E-state index contributed by atoms with van der Waals surface area (Å²) >= 11 is 0. The van der Waals surface area contributed by atoms with Crippen LogP contribution in [0.3, 0.4) is 0 Å². The molecule has 0 radical (unpaired) electrons. The van der Waals surface area contributed by atoms with E-state index in [-0.39, 0.29) is 5.91 Å². The monoisotopic (exact) mass is 328 g/mol. The van der Waals surface area contributed by atoms with Gasteiger partial charge in [-0.05, 0) is 28.5 Å². The molecule has 0 saturated carbocycles. The lowest BCUT2D eigenvalue weighted by Crippen LogP contribution is -2.14. The molecule has 1 amide bonds. The SMILES string of the molecule is O=C(Cc1ccc2ccccc2c1)Nc1cc(-c2ccncc2)[nH]n1. The zero-order valence-electron chi connectivity index (χ0n) is 13.4. The molecular weight excluding hydrogens is 312 g/mol. The van der Waals surface area contributed by atoms with Gasteiger partial charge >= 0.3 is 0 Å². The quantitative estimate of drug-likeness (QED) is 0.598. The van der Waals surface area contributed by atoms with Crippen molar-refractivity contribution in [2.24, 2.45) is 0 Å². The highest BCUT2D eigenvalue weighted by Gasteiger charge is 2.08. The first-order valence-corrected chi connectivity index (χ1v) is 8.01. The average Bonchev–Trinajstić information content (AvgIpc) is 3.10. The maximum Gasteiger partial charge on any atom is 0.229 e. The van der Waals surface area contributed by atoms with Crippen LogP contribution in [0.25, 0.3) is 22.0 Å². The lowest BCUT2D eigenvalue weighted by atomic mass is 10.0. The summed E-state index contributed by atoms with van der Waals surface area (Å²) in [5.41, 5.74) is 2.78. The number of amides is 1. The van der Waals surface area contributed by atoms with Gasteiger partial charge in [0, 0.05) is 24.0 Å². The van der Waals surface area contributed by atoms with Crippen molar-refractivity contribution in [2.45, 2.75) is 6.42 Å². The van der Waals surface area contributed by atoms with Crippen molar-refractivity contribution in [3.63, 3.8) is 0 Å². The van der Waals surface area contributed by atoms with Gasteiger partial charge in [0.2, 0.25) is 5.91 Å². The Morgan fingerprint density at radius 1 is 0.960 bits per heavy atom. The van der Waals surface area contributed by atoms with E-state index in [2.05, 4.69) is 26.6 Å². The van der Waals surface area contributed by atoms with Gasteiger partial charge in [-0.25, -0.2) is 0 Å². The van der Waals surface area contributed by atoms with Crippen LogP contribution in [0.1, 0.15) is 5.56 Å². The van der Waals surface area contributed by atoms with Crippen molar-refractivity contribution < 1.29 is 4.79 Å². The molecule has 5 heteroatoms. The summed E-state index contributed by atoms with van der Waals surface area (Å²) in [5, 5.41) is 12.2. The number of benzene rings is 2. The normalized spacial score (nSPS) is 10.7. The molecule has 2 aromatic heterocycles. The number of pyridine rings is 1. The molecule has 4 aromatic rings. The standard InChI is InChI=1S/C20H16N4O/c25-20(12-14-5-6-15-3-1-2-4-17(15)11-14)22-19-13-18(23-24-19)16-7-9-21-10-8-16/h1-11,13H,12H2,(H2,22,23,24,25). The number of aromatic nitrogens is 3. The van der Waals surface area contributed by atoms with Crippen LogP contribution in [0.5, 0.6) is 0 Å². The summed E-state index contributed by atoms with van der Waals surface area (Å²) in [6.07, 6.45) is 3.74. The second-order valence-electron chi connectivity index (χ2n) is 5.81. The van der Waals surface area contributed by atoms with Crippen LogP contribution in [0.4, 0.5) is 5.82 Å². The summed E-state index contributed by atoms with van der Waals surface area (Å²) in [5.74, 6) is 0.417. The minimum absolute atomic E-state index is 0.0944. The largest absolute Gasteiger partial charge is 0.309 e. The fourth-order valence-electron chi connectivity index (χ4n) is 2.79. The molecule has 0 spiro atoms. The van der Waals surface area contributed by atoms with Crippen molar-refractivity contribution in [1.82, 2.24) is 15.2 Å². The lowest BCUT2D eigenvalue weighted by molar-refractivity contribution is -0.115. The number of hydrogen-bond acceptors (Lipinski definition) is 3. The Kier molecular flexibility index (Phi) is 3.96. The molecule has 122 valence electrons. The number of rotatable bonds is 4. The summed E-state index contributed by atoms with van der Waals surface area (Å²) in [7, 11) is 0. The third-order valence-corrected chi connectivity index (χ3v) is 4.02. The molecule has 0 unspecified atom stereocenters. The molecule has 0 fully saturated rings. The number of nitrogens with zero attached hydrogens (tertiary/aromatic N) is 2. The number of carbonyl (C=O) groups is 1. The van der Waals surface area contributed by atoms with Crippen LogP contribution >= 0.6 is 0 Å². The number of fused-ring (bicyclic) bond motifs is 1. The van der Waals surface area contributed by atoms with Gasteiger partial charge in [-0.15, -0.1) is 0 Å². The van der Waals surface area contributed by atoms with Gasteiger partial charge in [-0.3, -0.25) is 14.9 Å². The Balaban J connectivity index is 1.46. The number of carbonyl (C=O) groups excluding carboxylic acids is 1. The molecule has 0 bridgehead atoms. The number of H-pyrrole nitrogens is 1. The van der Waals surface area contributed by atoms with Crippen LogP contribution in [0.2, 0.25) is 0 Å². The zero-order chi connectivity index (χ0) is 17.1. The minimum Gasteiger partial charge on any atom is -0.309 e. The number of aromatic amines is 1. The van der Waals surface area contributed by atoms with Crippen LogP contribution in [0, 0.1) is 0 Å². The second kappa shape index (κ2) is 6.57. The predicted molar refractivity (Wildman–Crippen MR) is 98.1 cm³/mol. The van der Waals surface area contributed by atoms with E-state index in [4.69, 9.17) is 0 Å². The Labute approximate surface area is 144 Å². The van der Waals surface area contributed by atoms with Gasteiger partial charge in [0.05, 0.1) is 12.1 Å². The smallest absolute Gasteiger partial charge is 0.229 e. The molecular formula is C20H16N4O. The van der Waals surface area contributed by atoms with E-state index in [1.165, 1.54) is 5.39 Å². The van der Waals surface area contributed by atoms with E-state index in [1.807, 2.05) is 54.6 Å². The van der Waals surface area contributed by atoms with Gasteiger partial charge in [0.1, 0.15) is 0 Å². The second-order valence-corrected chi connectivity index (χ2v) is 5.81. The summed E-state index contributed by atoms with van der Waals surface area (Å²) < 4.78 is 0. The van der Waals surface area contributed by atoms with E-state index in [0.717, 1.165) is 22.2 Å². The van der Waals surface area contributed by atoms with E-state index in [1.54, 1.807) is 12.4 Å². The fraction of sp³-hybridized carbons (Fsp3) is 0.0500. The summed E-state index contributed by atoms with van der Waals surface area (Å²) in [4.78, 5) is 16.3. The Hall–Kier alpha value is -3.47. The Morgan fingerprint density at radius 3 is 2.60 bits per heavy atom. The van der Waals surface area contributed by atoms with Crippen molar-refractivity contribution in [3.8, 4) is 11.3 Å². The van der Waals surface area contributed by atoms with Crippen LogP contribution in [-0.2, 0) is 11.2 Å². The zero-order valence-corrected chi connectivity index (χ0v) is 13.4. The van der Waals surface area contributed by atoms with Crippen molar-refractivity contribution in [2.75, 3.05) is 5.32 Å². The van der Waals surface area contributed by atoms with Gasteiger partial charge in [0.15, 0.2) is 5.82 Å². The highest BCUT2D eigenvalue weighted by Crippen LogP contribution is 2.19. The molecule has 2 aromatic carbocycles. The summed E-state index contributed by atoms with van der Waals surface area (Å²) in [6.45, 7) is 0. The highest BCUT2D eigenvalue weighted by atomic mass is 16.1. The molecule has 2 heterocycles. The minimum atomic E-state index is -0.0944.